The molecule has 1 aliphatic heterocycles. The Morgan fingerprint density at radius 2 is 1.00 bits per heavy atom. The Bertz CT molecular complexity index is 1400. The number of hydrogen-bond donors (Lipinski definition) is 0. The molecule has 4 rings (SSSR count). The third-order valence-corrected chi connectivity index (χ3v) is 13.3. The Hall–Kier alpha value is -1.48. The average molecular weight is 816 g/mol. The van der Waals surface area contributed by atoms with Gasteiger partial charge in [-0.2, -0.15) is 0 Å². The van der Waals surface area contributed by atoms with Crippen LogP contribution in [-0.2, 0) is 13.5 Å². The zero-order valence-corrected chi connectivity index (χ0v) is 36.6. The van der Waals surface area contributed by atoms with Gasteiger partial charge in [0.05, 0.1) is 11.4 Å². The fourth-order valence-electron chi connectivity index (χ4n) is 6.51. The van der Waals surface area contributed by atoms with E-state index in [-0.39, 0.29) is 6.10 Å². The summed E-state index contributed by atoms with van der Waals surface area (Å²) in [6.45, 7) is 33.2. The fourth-order valence-corrected chi connectivity index (χ4v) is 11.0. The molecule has 3 aromatic carbocycles. The van der Waals surface area contributed by atoms with Crippen LogP contribution in [0, 0.1) is 0 Å². The molecule has 1 heterocycles. The van der Waals surface area contributed by atoms with E-state index in [9.17, 15) is 0 Å². The van der Waals surface area contributed by atoms with Crippen molar-refractivity contribution >= 4 is 43.7 Å². The number of nitrogens with zero attached hydrogens (tertiary/aromatic N) is 3. The van der Waals surface area contributed by atoms with Gasteiger partial charge < -0.3 is 9.34 Å². The summed E-state index contributed by atoms with van der Waals surface area (Å²) in [6.07, 6.45) is 0.163. The van der Waals surface area contributed by atoms with Gasteiger partial charge in [-0.05, 0) is 73.6 Å². The van der Waals surface area contributed by atoms with E-state index in [0.29, 0.717) is 35.8 Å². The van der Waals surface area contributed by atoms with Crippen molar-refractivity contribution in [3.63, 3.8) is 0 Å². The molecule has 3 aromatic rings. The monoisotopic (exact) mass is 815 g/mol. The van der Waals surface area contributed by atoms with Gasteiger partial charge in [-0.15, -0.1) is 0 Å². The average Bonchev–Trinajstić information content (AvgIpc) is 2.99. The molecule has 0 saturated carbocycles. The van der Waals surface area contributed by atoms with Crippen molar-refractivity contribution in [2.24, 2.45) is 0 Å². The standard InChI is InChI=1S/C31H50N3P.C10H12O.2ClH.Ru/c1-20(2)26-15-13-16-27(21(3)4)30(26)32-19-33(35(32)34(24(9)10)25(11)12)31-28(22(5)6)17-14-18-29(31)23(7)8;1-8(2)11-10-7-5-4-6-9(10)3;;;/h13-18,20-25H,19H2,1-12H3;3-8H,1-2H3;2*1H;/q;;;;+2/p-2. The molecular formula is C41H62Cl2N3OPRu. The Labute approximate surface area is 313 Å². The van der Waals surface area contributed by atoms with Crippen molar-refractivity contribution < 1.29 is 18.3 Å². The molecule has 0 radical (unpaired) electrons. The largest absolute Gasteiger partial charge is 0.302 e. The zero-order chi connectivity index (χ0) is 36.7. The normalized spacial score (nSPS) is 14.1. The van der Waals surface area contributed by atoms with Crippen molar-refractivity contribution in [2.45, 2.75) is 139 Å². The first-order valence-electron chi connectivity index (χ1n) is 17.9. The summed E-state index contributed by atoms with van der Waals surface area (Å²) < 4.78 is 15.8. The van der Waals surface area contributed by atoms with Gasteiger partial charge in [0.25, 0.3) is 0 Å². The molecule has 4 nitrogen and oxygen atoms in total. The summed E-state index contributed by atoms with van der Waals surface area (Å²) in [5, 5.41) is 0. The van der Waals surface area contributed by atoms with Crippen molar-refractivity contribution in [1.29, 1.82) is 0 Å². The van der Waals surface area contributed by atoms with E-state index in [4.69, 9.17) is 24.1 Å². The topological polar surface area (TPSA) is 19.0 Å². The smallest absolute Gasteiger partial charge is 0.182 e. The Morgan fingerprint density at radius 3 is 1.33 bits per heavy atom. The maximum Gasteiger partial charge on any atom is 0.182 e. The van der Waals surface area contributed by atoms with E-state index >= 15 is 0 Å². The van der Waals surface area contributed by atoms with E-state index in [1.165, 1.54) is 33.6 Å². The van der Waals surface area contributed by atoms with Crippen molar-refractivity contribution in [1.82, 2.24) is 4.67 Å². The van der Waals surface area contributed by atoms with Gasteiger partial charge in [0.1, 0.15) is 6.67 Å². The summed E-state index contributed by atoms with van der Waals surface area (Å²) in [4.78, 5) is 0. The number of benzene rings is 3. The second-order valence-electron chi connectivity index (χ2n) is 15.0. The van der Waals surface area contributed by atoms with Crippen LogP contribution in [0.15, 0.2) is 60.7 Å². The van der Waals surface area contributed by atoms with Crippen molar-refractivity contribution in [2.75, 3.05) is 16.0 Å². The predicted octanol–water partition coefficient (Wildman–Crippen LogP) is 13.4. The molecule has 0 spiro atoms. The molecule has 0 aliphatic carbocycles. The molecule has 1 fully saturated rings. The van der Waals surface area contributed by atoms with Gasteiger partial charge in [-0.1, -0.05) is 91.8 Å². The van der Waals surface area contributed by atoms with E-state index in [0.717, 1.165) is 18.0 Å². The van der Waals surface area contributed by atoms with Crippen LogP contribution in [0.2, 0.25) is 0 Å². The number of rotatable bonds is 12. The molecule has 0 bridgehead atoms. The summed E-state index contributed by atoms with van der Waals surface area (Å²) in [6, 6.07) is 22.7. The van der Waals surface area contributed by atoms with Crippen LogP contribution in [0.25, 0.3) is 0 Å². The van der Waals surface area contributed by atoms with Gasteiger partial charge in [-0.3, -0.25) is 0 Å². The SMILES string of the molecule is CC(C)Oc1ccccc1[CH]=[Ru]([Cl])[Cl].CC(C)c1cccc(C(C)C)c1N1CN(c2c(C(C)C)cccc2C(C)C)P1N(C(C)C)C(C)C. The summed E-state index contributed by atoms with van der Waals surface area (Å²) >= 11 is -1.77. The molecule has 1 saturated heterocycles. The Morgan fingerprint density at radius 1 is 0.612 bits per heavy atom. The second kappa shape index (κ2) is 18.8. The first kappa shape index (κ1) is 41.9. The maximum absolute atomic E-state index is 5.82. The molecule has 0 unspecified atom stereocenters. The third-order valence-electron chi connectivity index (χ3n) is 8.63. The van der Waals surface area contributed by atoms with Crippen molar-refractivity contribution in [3.05, 3.63) is 88.5 Å². The molecule has 0 amide bonds. The molecule has 0 aromatic heterocycles. The molecule has 1 aliphatic rings. The van der Waals surface area contributed by atoms with Crippen LogP contribution in [0.3, 0.4) is 0 Å². The molecule has 0 atom stereocenters. The minimum absolute atomic E-state index is 0.163. The molecule has 274 valence electrons. The molecule has 8 heteroatoms. The maximum atomic E-state index is 5.82. The first-order chi connectivity index (χ1) is 23.0. The predicted molar refractivity (Wildman–Crippen MR) is 217 cm³/mol. The molecule has 49 heavy (non-hydrogen) atoms. The number of para-hydroxylation sites is 3. The van der Waals surface area contributed by atoms with E-state index in [1.54, 1.807) is 0 Å². The minimum atomic E-state index is -1.77. The van der Waals surface area contributed by atoms with E-state index in [2.05, 4.69) is 133 Å². The van der Waals surface area contributed by atoms with Crippen LogP contribution in [-0.4, -0.2) is 34.1 Å². The molecular weight excluding hydrogens is 753 g/mol. The van der Waals surface area contributed by atoms with Crippen LogP contribution in [0.4, 0.5) is 11.4 Å². The zero-order valence-electron chi connectivity index (χ0n) is 32.4. The molecule has 0 N–H and O–H groups in total. The second-order valence-corrected chi connectivity index (χ2v) is 22.7. The Balaban J connectivity index is 0.000000388. The fraction of sp³-hybridized carbons (Fsp3) is 0.537. The van der Waals surface area contributed by atoms with Gasteiger partial charge in [0, 0.05) is 12.1 Å². The number of hydrogen-bond acceptors (Lipinski definition) is 4. The minimum Gasteiger partial charge on any atom is -0.302 e. The summed E-state index contributed by atoms with van der Waals surface area (Å²) in [5.41, 5.74) is 9.90. The number of anilines is 2. The number of halogens is 2. The van der Waals surface area contributed by atoms with Gasteiger partial charge in [0.2, 0.25) is 0 Å². The summed E-state index contributed by atoms with van der Waals surface area (Å²) in [5.74, 6) is 2.83. The van der Waals surface area contributed by atoms with Crippen molar-refractivity contribution in [3.8, 4) is 5.75 Å². The summed E-state index contributed by atoms with van der Waals surface area (Å²) in [7, 11) is 11.0. The van der Waals surface area contributed by atoms with Gasteiger partial charge >= 0.3 is 97.8 Å². The Kier molecular flexibility index (Phi) is 16.1. The first-order valence-corrected chi connectivity index (χ1v) is 24.6. The number of ether oxygens (including phenoxy) is 1. The quantitative estimate of drug-likeness (QED) is 0.134. The van der Waals surface area contributed by atoms with Crippen LogP contribution >= 0.6 is 27.8 Å². The van der Waals surface area contributed by atoms with E-state index < -0.39 is 21.9 Å². The van der Waals surface area contributed by atoms with Gasteiger partial charge in [0.15, 0.2) is 8.37 Å². The van der Waals surface area contributed by atoms with Gasteiger partial charge in [-0.25, -0.2) is 4.67 Å². The van der Waals surface area contributed by atoms with Crippen LogP contribution in [0.1, 0.15) is 148 Å². The van der Waals surface area contributed by atoms with Crippen LogP contribution in [0.5, 0.6) is 5.75 Å². The van der Waals surface area contributed by atoms with Crippen LogP contribution < -0.4 is 14.1 Å². The third kappa shape index (κ3) is 10.5. The van der Waals surface area contributed by atoms with E-state index in [1.807, 2.05) is 42.7 Å².